The molecule has 2 saturated heterocycles. The summed E-state index contributed by atoms with van der Waals surface area (Å²) in [5.41, 5.74) is 3.87. The predicted octanol–water partition coefficient (Wildman–Crippen LogP) is 2.16. The standard InChI is InChI=1S/C28H36N6O2/c1-23-3-9-26(10-4-23)30-27(35)21-33-15-17-34(18-16-33)28(36)22-32-12-2-11-31(13-14-32)20-25-7-5-24(19-29)6-8-25/h3-10H,2,11-18,20-22H2,1H3,(H,30,35). The van der Waals surface area contributed by atoms with Gasteiger partial charge in [-0.3, -0.25) is 24.3 Å². The van der Waals surface area contributed by atoms with Crippen LogP contribution < -0.4 is 5.32 Å². The topological polar surface area (TPSA) is 82.9 Å². The van der Waals surface area contributed by atoms with Crippen LogP contribution >= 0.6 is 0 Å². The van der Waals surface area contributed by atoms with E-state index in [4.69, 9.17) is 5.26 Å². The smallest absolute Gasteiger partial charge is 0.238 e. The zero-order chi connectivity index (χ0) is 25.3. The number of aryl methyl sites for hydroxylation is 1. The Labute approximate surface area is 214 Å². The number of piperazine rings is 1. The summed E-state index contributed by atoms with van der Waals surface area (Å²) in [7, 11) is 0. The molecule has 0 aromatic heterocycles. The zero-order valence-electron chi connectivity index (χ0n) is 21.2. The van der Waals surface area contributed by atoms with Crippen molar-refractivity contribution in [1.82, 2.24) is 19.6 Å². The van der Waals surface area contributed by atoms with Gasteiger partial charge in [0.2, 0.25) is 11.8 Å². The fourth-order valence-electron chi connectivity index (χ4n) is 4.77. The average molecular weight is 489 g/mol. The summed E-state index contributed by atoms with van der Waals surface area (Å²) >= 11 is 0. The maximum atomic E-state index is 13.0. The summed E-state index contributed by atoms with van der Waals surface area (Å²) in [4.78, 5) is 34.1. The number of hydrogen-bond donors (Lipinski definition) is 1. The number of nitrogens with one attached hydrogen (secondary N) is 1. The van der Waals surface area contributed by atoms with Gasteiger partial charge in [-0.15, -0.1) is 0 Å². The van der Waals surface area contributed by atoms with E-state index in [-0.39, 0.29) is 11.8 Å². The molecule has 0 atom stereocenters. The van der Waals surface area contributed by atoms with Crippen molar-refractivity contribution >= 4 is 17.5 Å². The summed E-state index contributed by atoms with van der Waals surface area (Å²) in [6.45, 7) is 10.2. The van der Waals surface area contributed by atoms with Crippen molar-refractivity contribution in [3.8, 4) is 6.07 Å². The summed E-state index contributed by atoms with van der Waals surface area (Å²) < 4.78 is 0. The van der Waals surface area contributed by atoms with Crippen LogP contribution in [0.1, 0.15) is 23.1 Å². The van der Waals surface area contributed by atoms with E-state index in [9.17, 15) is 9.59 Å². The molecular weight excluding hydrogens is 452 g/mol. The maximum absolute atomic E-state index is 13.0. The molecule has 2 aromatic rings. The number of anilines is 1. The molecule has 2 aliphatic rings. The molecular formula is C28H36N6O2. The Morgan fingerprint density at radius 3 is 2.11 bits per heavy atom. The second kappa shape index (κ2) is 12.6. The van der Waals surface area contributed by atoms with E-state index in [0.717, 1.165) is 50.4 Å². The third-order valence-electron chi connectivity index (χ3n) is 6.96. The zero-order valence-corrected chi connectivity index (χ0v) is 21.2. The van der Waals surface area contributed by atoms with Crippen molar-refractivity contribution < 1.29 is 9.59 Å². The van der Waals surface area contributed by atoms with Crippen LogP contribution in [-0.2, 0) is 16.1 Å². The minimum absolute atomic E-state index is 0.0197. The van der Waals surface area contributed by atoms with Crippen LogP contribution in [-0.4, -0.2) is 96.9 Å². The molecule has 4 rings (SSSR count). The van der Waals surface area contributed by atoms with Crippen LogP contribution in [0.25, 0.3) is 0 Å². The van der Waals surface area contributed by atoms with E-state index in [0.29, 0.717) is 44.8 Å². The van der Waals surface area contributed by atoms with Gasteiger partial charge in [-0.1, -0.05) is 29.8 Å². The molecule has 2 fully saturated rings. The molecule has 0 unspecified atom stereocenters. The number of carbonyl (C=O) groups excluding carboxylic acids is 2. The van der Waals surface area contributed by atoms with Crippen LogP contribution in [0.5, 0.6) is 0 Å². The molecule has 36 heavy (non-hydrogen) atoms. The van der Waals surface area contributed by atoms with E-state index in [2.05, 4.69) is 26.1 Å². The van der Waals surface area contributed by atoms with Gasteiger partial charge in [0.15, 0.2) is 0 Å². The lowest BCUT2D eigenvalue weighted by Crippen LogP contribution is -2.52. The molecule has 2 amide bonds. The minimum Gasteiger partial charge on any atom is -0.339 e. The summed E-state index contributed by atoms with van der Waals surface area (Å²) in [6, 6.07) is 17.7. The lowest BCUT2D eigenvalue weighted by molar-refractivity contribution is -0.134. The Bertz CT molecular complexity index is 1050. The molecule has 2 aromatic carbocycles. The third kappa shape index (κ3) is 7.62. The van der Waals surface area contributed by atoms with Crippen LogP contribution in [0.3, 0.4) is 0 Å². The number of amides is 2. The Balaban J connectivity index is 1.16. The quantitative estimate of drug-likeness (QED) is 0.643. The SMILES string of the molecule is Cc1ccc(NC(=O)CN2CCN(C(=O)CN3CCCN(Cc4ccc(C#N)cc4)CC3)CC2)cc1. The van der Waals surface area contributed by atoms with Gasteiger partial charge in [-0.25, -0.2) is 0 Å². The van der Waals surface area contributed by atoms with Gasteiger partial charge in [0.1, 0.15) is 0 Å². The Morgan fingerprint density at radius 2 is 1.42 bits per heavy atom. The van der Waals surface area contributed by atoms with E-state index >= 15 is 0 Å². The first-order valence-electron chi connectivity index (χ1n) is 12.8. The molecule has 0 bridgehead atoms. The van der Waals surface area contributed by atoms with Crippen LogP contribution in [0, 0.1) is 18.3 Å². The Morgan fingerprint density at radius 1 is 0.806 bits per heavy atom. The monoisotopic (exact) mass is 488 g/mol. The number of benzene rings is 2. The molecule has 2 heterocycles. The third-order valence-corrected chi connectivity index (χ3v) is 6.96. The predicted molar refractivity (Wildman–Crippen MR) is 140 cm³/mol. The fraction of sp³-hybridized carbons (Fsp3) is 0.464. The minimum atomic E-state index is -0.0197. The van der Waals surface area contributed by atoms with Crippen molar-refractivity contribution in [3.63, 3.8) is 0 Å². The lowest BCUT2D eigenvalue weighted by atomic mass is 10.1. The van der Waals surface area contributed by atoms with Crippen LogP contribution in [0.2, 0.25) is 0 Å². The highest BCUT2D eigenvalue weighted by molar-refractivity contribution is 5.92. The van der Waals surface area contributed by atoms with Gasteiger partial charge in [-0.2, -0.15) is 5.26 Å². The average Bonchev–Trinajstić information content (AvgIpc) is 3.11. The molecule has 1 N–H and O–H groups in total. The van der Waals surface area contributed by atoms with Crippen molar-refractivity contribution in [2.24, 2.45) is 0 Å². The largest absolute Gasteiger partial charge is 0.339 e. The van der Waals surface area contributed by atoms with E-state index < -0.39 is 0 Å². The molecule has 2 aliphatic heterocycles. The molecule has 8 heteroatoms. The molecule has 0 saturated carbocycles. The van der Waals surface area contributed by atoms with Gasteiger partial charge in [-0.05, 0) is 56.3 Å². The normalized spacial score (nSPS) is 17.8. The second-order valence-electron chi connectivity index (χ2n) is 9.79. The summed E-state index contributed by atoms with van der Waals surface area (Å²) in [5, 5.41) is 11.9. The van der Waals surface area contributed by atoms with Crippen LogP contribution in [0.15, 0.2) is 48.5 Å². The second-order valence-corrected chi connectivity index (χ2v) is 9.79. The number of carbonyl (C=O) groups is 2. The highest BCUT2D eigenvalue weighted by Gasteiger charge is 2.25. The van der Waals surface area contributed by atoms with Gasteiger partial charge in [0.05, 0.1) is 24.7 Å². The molecule has 0 spiro atoms. The first-order chi connectivity index (χ1) is 17.5. The van der Waals surface area contributed by atoms with Crippen molar-refractivity contribution in [3.05, 3.63) is 65.2 Å². The highest BCUT2D eigenvalue weighted by Crippen LogP contribution is 2.12. The molecule has 190 valence electrons. The van der Waals surface area contributed by atoms with Crippen molar-refractivity contribution in [2.45, 2.75) is 19.9 Å². The van der Waals surface area contributed by atoms with Gasteiger partial charge in [0.25, 0.3) is 0 Å². The Hall–Kier alpha value is -3.25. The molecule has 0 aliphatic carbocycles. The molecule has 0 radical (unpaired) electrons. The van der Waals surface area contributed by atoms with Gasteiger partial charge < -0.3 is 10.2 Å². The number of nitriles is 1. The summed E-state index contributed by atoms with van der Waals surface area (Å²) in [6.07, 6.45) is 1.04. The summed E-state index contributed by atoms with van der Waals surface area (Å²) in [5.74, 6) is 0.160. The number of rotatable bonds is 7. The fourth-order valence-corrected chi connectivity index (χ4v) is 4.77. The van der Waals surface area contributed by atoms with E-state index in [1.54, 1.807) is 0 Å². The van der Waals surface area contributed by atoms with Crippen molar-refractivity contribution in [2.75, 3.05) is 70.8 Å². The first kappa shape index (κ1) is 25.8. The first-order valence-corrected chi connectivity index (χ1v) is 12.8. The van der Waals surface area contributed by atoms with Crippen LogP contribution in [0.4, 0.5) is 5.69 Å². The van der Waals surface area contributed by atoms with E-state index in [1.165, 1.54) is 5.56 Å². The van der Waals surface area contributed by atoms with Gasteiger partial charge >= 0.3 is 0 Å². The van der Waals surface area contributed by atoms with E-state index in [1.807, 2.05) is 60.4 Å². The van der Waals surface area contributed by atoms with Crippen molar-refractivity contribution in [1.29, 1.82) is 5.26 Å². The van der Waals surface area contributed by atoms with Gasteiger partial charge in [0, 0.05) is 51.5 Å². The number of nitrogens with zero attached hydrogens (tertiary/aromatic N) is 5. The maximum Gasteiger partial charge on any atom is 0.238 e. The Kier molecular flexibility index (Phi) is 9.06. The lowest BCUT2D eigenvalue weighted by Gasteiger charge is -2.35. The highest BCUT2D eigenvalue weighted by atomic mass is 16.2. The number of hydrogen-bond acceptors (Lipinski definition) is 6. The molecule has 8 nitrogen and oxygen atoms in total.